The van der Waals surface area contributed by atoms with Gasteiger partial charge in [0, 0.05) is 0 Å². The largest absolute Gasteiger partial charge is 0.462 e. The van der Waals surface area contributed by atoms with Crippen LogP contribution in [-0.4, -0.2) is 28.9 Å². The van der Waals surface area contributed by atoms with Crippen molar-refractivity contribution in [3.8, 4) is 0 Å². The number of hydrogen-bond donors (Lipinski definition) is 2. The number of carbonyl (C=O) groups is 1. The summed E-state index contributed by atoms with van der Waals surface area (Å²) in [7, 11) is 0. The van der Waals surface area contributed by atoms with E-state index in [9.17, 15) is 15.0 Å². The molecule has 0 aromatic heterocycles. The zero-order valence-corrected chi connectivity index (χ0v) is 11.5. The van der Waals surface area contributed by atoms with Crippen LogP contribution in [0, 0.1) is 0 Å². The van der Waals surface area contributed by atoms with E-state index >= 15 is 0 Å². The molecule has 0 aliphatic heterocycles. The second-order valence-corrected chi connectivity index (χ2v) is 4.44. The van der Waals surface area contributed by atoms with Crippen molar-refractivity contribution in [3.05, 3.63) is 46.5 Å². The van der Waals surface area contributed by atoms with Crippen molar-refractivity contribution in [1.29, 1.82) is 0 Å². The van der Waals surface area contributed by atoms with Gasteiger partial charge < -0.3 is 14.9 Å². The molecule has 0 amide bonds. The average molecular weight is 315 g/mol. The van der Waals surface area contributed by atoms with E-state index in [4.69, 9.17) is 4.74 Å². The number of halogens is 1. The van der Waals surface area contributed by atoms with Crippen LogP contribution in [0.25, 0.3) is 0 Å². The van der Waals surface area contributed by atoms with Gasteiger partial charge in [-0.05, 0) is 34.5 Å². The summed E-state index contributed by atoms with van der Waals surface area (Å²) >= 11 is 3.00. The first-order valence-corrected chi connectivity index (χ1v) is 6.31. The number of aliphatic hydroxyl groups excluding tert-OH is 2. The van der Waals surface area contributed by atoms with Crippen LogP contribution < -0.4 is 0 Å². The molecule has 0 aliphatic rings. The summed E-state index contributed by atoms with van der Waals surface area (Å²) in [6, 6.07) is 8.72. The molecule has 0 fully saturated rings. The fourth-order valence-corrected chi connectivity index (χ4v) is 1.74. The van der Waals surface area contributed by atoms with Crippen molar-refractivity contribution in [3.63, 3.8) is 0 Å². The lowest BCUT2D eigenvalue weighted by Gasteiger charge is -2.15. The maximum absolute atomic E-state index is 11.3. The minimum absolute atomic E-state index is 0.0897. The Balaban J connectivity index is 2.73. The maximum atomic E-state index is 11.3. The Labute approximate surface area is 114 Å². The third-order valence-electron chi connectivity index (χ3n) is 2.25. The molecule has 0 spiro atoms. The van der Waals surface area contributed by atoms with Crippen LogP contribution in [0.5, 0.6) is 0 Å². The molecule has 1 aromatic carbocycles. The van der Waals surface area contributed by atoms with E-state index in [-0.39, 0.29) is 11.1 Å². The number of aliphatic hydroxyl groups is 2. The molecule has 5 heteroatoms. The topological polar surface area (TPSA) is 66.8 Å². The van der Waals surface area contributed by atoms with Crippen molar-refractivity contribution in [1.82, 2.24) is 0 Å². The van der Waals surface area contributed by atoms with Crippen LogP contribution in [0.2, 0.25) is 0 Å². The number of hydrogen-bond acceptors (Lipinski definition) is 4. The first-order chi connectivity index (χ1) is 8.56. The molecule has 2 N–H and O–H groups in total. The molecule has 98 valence electrons. The molecule has 18 heavy (non-hydrogen) atoms. The lowest BCUT2D eigenvalue weighted by atomic mass is 10.0. The number of rotatable bonds is 5. The molecule has 0 heterocycles. The second-order valence-electron chi connectivity index (χ2n) is 3.58. The van der Waals surface area contributed by atoms with E-state index in [1.165, 1.54) is 6.08 Å². The highest BCUT2D eigenvalue weighted by atomic mass is 79.9. The van der Waals surface area contributed by atoms with Crippen molar-refractivity contribution >= 4 is 21.9 Å². The summed E-state index contributed by atoms with van der Waals surface area (Å²) in [6.45, 7) is 1.94. The van der Waals surface area contributed by atoms with Gasteiger partial charge in [0.2, 0.25) is 0 Å². The Kier molecular flexibility index (Phi) is 6.04. The molecule has 0 saturated heterocycles. The predicted octanol–water partition coefficient (Wildman–Crippen LogP) is 1.92. The fraction of sp³-hybridized carbons (Fsp3) is 0.308. The number of carbonyl (C=O) groups excluding carboxylic acids is 1. The molecule has 0 unspecified atom stereocenters. The molecule has 1 rings (SSSR count). The molecule has 0 aliphatic carbocycles. The lowest BCUT2D eigenvalue weighted by molar-refractivity contribution is -0.137. The monoisotopic (exact) mass is 314 g/mol. The van der Waals surface area contributed by atoms with E-state index in [1.54, 1.807) is 31.2 Å². The van der Waals surface area contributed by atoms with E-state index in [0.29, 0.717) is 5.56 Å². The maximum Gasteiger partial charge on any atom is 0.344 e. The van der Waals surface area contributed by atoms with Gasteiger partial charge >= 0.3 is 5.97 Å². The highest BCUT2D eigenvalue weighted by Gasteiger charge is 2.18. The number of esters is 1. The van der Waals surface area contributed by atoms with Crippen LogP contribution in [0.15, 0.2) is 40.9 Å². The predicted molar refractivity (Wildman–Crippen MR) is 71.1 cm³/mol. The average Bonchev–Trinajstić information content (AvgIpc) is 2.39. The minimum Gasteiger partial charge on any atom is -0.462 e. The van der Waals surface area contributed by atoms with Crippen LogP contribution >= 0.6 is 15.9 Å². The zero-order chi connectivity index (χ0) is 13.5. The summed E-state index contributed by atoms with van der Waals surface area (Å²) in [5.74, 6) is -0.572. The molecule has 2 atom stereocenters. The Morgan fingerprint density at radius 2 is 2.00 bits per heavy atom. The molecule has 0 radical (unpaired) electrons. The van der Waals surface area contributed by atoms with E-state index in [0.717, 1.165) is 0 Å². The van der Waals surface area contributed by atoms with Gasteiger partial charge in [0.1, 0.15) is 16.7 Å². The Morgan fingerprint density at radius 1 is 1.39 bits per heavy atom. The van der Waals surface area contributed by atoms with Crippen molar-refractivity contribution in [2.24, 2.45) is 0 Å². The van der Waals surface area contributed by atoms with Crippen molar-refractivity contribution in [2.45, 2.75) is 19.1 Å². The first kappa shape index (κ1) is 14.9. The SMILES string of the molecule is CCOC(=O)/C(Br)=C/[C@@H](O)[C@H](O)c1ccccc1. The van der Waals surface area contributed by atoms with E-state index in [1.807, 2.05) is 6.07 Å². The molecule has 4 nitrogen and oxygen atoms in total. The molecule has 1 aromatic rings. The van der Waals surface area contributed by atoms with Gasteiger partial charge in [-0.1, -0.05) is 30.3 Å². The second kappa shape index (κ2) is 7.31. The zero-order valence-electron chi connectivity index (χ0n) is 9.91. The van der Waals surface area contributed by atoms with Crippen LogP contribution in [0.1, 0.15) is 18.6 Å². The van der Waals surface area contributed by atoms with Gasteiger partial charge in [0.05, 0.1) is 6.61 Å². The van der Waals surface area contributed by atoms with Gasteiger partial charge in [-0.25, -0.2) is 4.79 Å². The summed E-state index contributed by atoms with van der Waals surface area (Å²) in [5.41, 5.74) is 0.574. The standard InChI is InChI=1S/C13H15BrO4/c1-2-18-13(17)10(14)8-11(15)12(16)9-6-4-3-5-7-9/h3-8,11-12,15-16H,2H2,1H3/b10-8-/t11-,12-/m1/s1. The third-order valence-corrected chi connectivity index (χ3v) is 2.84. The molecular weight excluding hydrogens is 300 g/mol. The van der Waals surface area contributed by atoms with Gasteiger partial charge in [-0.3, -0.25) is 0 Å². The minimum atomic E-state index is -1.19. The Morgan fingerprint density at radius 3 is 2.56 bits per heavy atom. The van der Waals surface area contributed by atoms with E-state index in [2.05, 4.69) is 15.9 Å². The highest BCUT2D eigenvalue weighted by Crippen LogP contribution is 2.20. The molecule has 0 saturated carbocycles. The van der Waals surface area contributed by atoms with Crippen molar-refractivity contribution in [2.75, 3.05) is 6.61 Å². The number of benzene rings is 1. The summed E-state index contributed by atoms with van der Waals surface area (Å²) in [5, 5.41) is 19.7. The first-order valence-electron chi connectivity index (χ1n) is 5.51. The lowest BCUT2D eigenvalue weighted by Crippen LogP contribution is -2.17. The molecular formula is C13H15BrO4. The van der Waals surface area contributed by atoms with Gasteiger partial charge in [0.15, 0.2) is 0 Å². The Hall–Kier alpha value is -1.17. The van der Waals surface area contributed by atoms with Crippen molar-refractivity contribution < 1.29 is 19.7 Å². The third kappa shape index (κ3) is 4.25. The number of ether oxygens (including phenoxy) is 1. The van der Waals surface area contributed by atoms with E-state index < -0.39 is 18.2 Å². The summed E-state index contributed by atoms with van der Waals surface area (Å²) < 4.78 is 4.83. The highest BCUT2D eigenvalue weighted by molar-refractivity contribution is 9.12. The van der Waals surface area contributed by atoms with Crippen LogP contribution in [0.3, 0.4) is 0 Å². The normalized spacial score (nSPS) is 15.0. The van der Waals surface area contributed by atoms with Gasteiger partial charge in [0.25, 0.3) is 0 Å². The Bertz CT molecular complexity index is 416. The summed E-state index contributed by atoms with van der Waals surface area (Å²) in [4.78, 5) is 11.3. The summed E-state index contributed by atoms with van der Waals surface area (Å²) in [6.07, 6.45) is -1.06. The van der Waals surface area contributed by atoms with Crippen LogP contribution in [0.4, 0.5) is 0 Å². The quantitative estimate of drug-likeness (QED) is 0.643. The fourth-order valence-electron chi connectivity index (χ4n) is 1.36. The van der Waals surface area contributed by atoms with Crippen LogP contribution in [-0.2, 0) is 9.53 Å². The molecule has 0 bridgehead atoms. The van der Waals surface area contributed by atoms with Gasteiger partial charge in [-0.15, -0.1) is 0 Å². The smallest absolute Gasteiger partial charge is 0.344 e. The van der Waals surface area contributed by atoms with Gasteiger partial charge in [-0.2, -0.15) is 0 Å².